The highest BCUT2D eigenvalue weighted by atomic mass is 35.5. The Labute approximate surface area is 122 Å². The Balaban J connectivity index is 3.20. The highest BCUT2D eigenvalue weighted by molar-refractivity contribution is 6.73. The van der Waals surface area contributed by atoms with E-state index in [1.54, 1.807) is 0 Å². The molecule has 0 spiro atoms. The highest BCUT2D eigenvalue weighted by Gasteiger charge is 2.58. The molecule has 108 valence electrons. The molecule has 1 unspecified atom stereocenters. The summed E-state index contributed by atoms with van der Waals surface area (Å²) in [4.78, 5) is 0. The molecule has 0 amide bonds. The Morgan fingerprint density at radius 3 is 1.74 bits per heavy atom. The fourth-order valence-corrected chi connectivity index (χ4v) is 5.37. The summed E-state index contributed by atoms with van der Waals surface area (Å²) in [6, 6.07) is 9.83. The molecule has 0 aliphatic carbocycles. The lowest BCUT2D eigenvalue weighted by molar-refractivity contribution is 0.0581. The van der Waals surface area contributed by atoms with Crippen LogP contribution in [0.15, 0.2) is 30.3 Å². The monoisotopic (exact) mass is 302 g/mol. The van der Waals surface area contributed by atoms with Gasteiger partial charge in [0.15, 0.2) is 0 Å². The maximum absolute atomic E-state index is 6.81. The second kappa shape index (κ2) is 7.41. The van der Waals surface area contributed by atoms with Gasteiger partial charge in [-0.25, -0.2) is 0 Å². The first-order valence-electron chi connectivity index (χ1n) is 6.70. The SMILES string of the molecule is CCO[Si](OCC)(OCC)C(C)(Cl)c1ccccc1. The number of alkyl halides is 1. The molecule has 0 aromatic heterocycles. The zero-order chi connectivity index (χ0) is 14.4. The molecule has 5 heteroatoms. The van der Waals surface area contributed by atoms with Crippen LogP contribution in [0, 0.1) is 0 Å². The van der Waals surface area contributed by atoms with Crippen molar-refractivity contribution >= 4 is 20.4 Å². The van der Waals surface area contributed by atoms with Gasteiger partial charge in [0.05, 0.1) is 0 Å². The van der Waals surface area contributed by atoms with Crippen LogP contribution in [0.4, 0.5) is 0 Å². The van der Waals surface area contributed by atoms with E-state index in [1.807, 2.05) is 58.0 Å². The van der Waals surface area contributed by atoms with E-state index in [-0.39, 0.29) is 0 Å². The molecular weight excluding hydrogens is 280 g/mol. The number of halogens is 1. The molecule has 1 atom stereocenters. The van der Waals surface area contributed by atoms with Crippen LogP contribution in [-0.4, -0.2) is 28.6 Å². The predicted octanol–water partition coefficient (Wildman–Crippen LogP) is 3.73. The van der Waals surface area contributed by atoms with Crippen LogP contribution in [0.2, 0.25) is 0 Å². The molecular formula is C14H23ClO3Si. The van der Waals surface area contributed by atoms with Gasteiger partial charge in [0.2, 0.25) is 0 Å². The number of hydrogen-bond acceptors (Lipinski definition) is 3. The van der Waals surface area contributed by atoms with Crippen LogP contribution >= 0.6 is 11.6 Å². The normalized spacial score (nSPS) is 15.2. The molecule has 0 bridgehead atoms. The van der Waals surface area contributed by atoms with Gasteiger partial charge in [-0.15, -0.1) is 11.6 Å². The molecule has 1 aromatic carbocycles. The molecule has 3 nitrogen and oxygen atoms in total. The van der Waals surface area contributed by atoms with Crippen molar-refractivity contribution in [3.8, 4) is 0 Å². The first-order chi connectivity index (χ1) is 9.04. The Morgan fingerprint density at radius 2 is 1.37 bits per heavy atom. The lowest BCUT2D eigenvalue weighted by Crippen LogP contribution is -2.59. The van der Waals surface area contributed by atoms with Gasteiger partial charge in [-0.1, -0.05) is 30.3 Å². The van der Waals surface area contributed by atoms with Gasteiger partial charge in [-0.2, -0.15) is 0 Å². The van der Waals surface area contributed by atoms with Crippen LogP contribution < -0.4 is 0 Å². The number of hydrogen-bond donors (Lipinski definition) is 0. The summed E-state index contributed by atoms with van der Waals surface area (Å²) in [7, 11) is -3.00. The van der Waals surface area contributed by atoms with Gasteiger partial charge in [-0.05, 0) is 33.3 Å². The molecule has 19 heavy (non-hydrogen) atoms. The molecule has 0 heterocycles. The van der Waals surface area contributed by atoms with Gasteiger partial charge < -0.3 is 13.3 Å². The summed E-state index contributed by atoms with van der Waals surface area (Å²) >= 11 is 6.81. The van der Waals surface area contributed by atoms with Crippen LogP contribution in [0.3, 0.4) is 0 Å². The minimum Gasteiger partial charge on any atom is -0.373 e. The van der Waals surface area contributed by atoms with Gasteiger partial charge in [0.1, 0.15) is 4.50 Å². The van der Waals surface area contributed by atoms with Crippen molar-refractivity contribution in [3.05, 3.63) is 35.9 Å². The number of rotatable bonds is 8. The fraction of sp³-hybridized carbons (Fsp3) is 0.571. The van der Waals surface area contributed by atoms with Gasteiger partial charge >= 0.3 is 8.80 Å². The first-order valence-corrected chi connectivity index (χ1v) is 8.80. The van der Waals surface area contributed by atoms with E-state index >= 15 is 0 Å². The van der Waals surface area contributed by atoms with E-state index in [2.05, 4.69) is 0 Å². The smallest absolute Gasteiger partial charge is 0.373 e. The summed E-state index contributed by atoms with van der Waals surface area (Å²) in [5.41, 5.74) is 0.957. The first kappa shape index (κ1) is 16.7. The second-order valence-electron chi connectivity index (χ2n) is 4.22. The fourth-order valence-electron chi connectivity index (χ4n) is 2.03. The van der Waals surface area contributed by atoms with E-state index in [0.29, 0.717) is 19.8 Å². The van der Waals surface area contributed by atoms with Crippen LogP contribution in [0.5, 0.6) is 0 Å². The van der Waals surface area contributed by atoms with Crippen molar-refractivity contribution in [2.45, 2.75) is 32.2 Å². The number of benzene rings is 1. The Hall–Kier alpha value is -0.393. The Morgan fingerprint density at radius 1 is 0.947 bits per heavy atom. The Kier molecular flexibility index (Phi) is 6.49. The minimum atomic E-state index is -3.00. The van der Waals surface area contributed by atoms with Gasteiger partial charge in [0, 0.05) is 19.8 Å². The maximum atomic E-state index is 6.81. The largest absolute Gasteiger partial charge is 0.527 e. The molecule has 1 aromatic rings. The van der Waals surface area contributed by atoms with Crippen molar-refractivity contribution < 1.29 is 13.3 Å². The van der Waals surface area contributed by atoms with Gasteiger partial charge in [0.25, 0.3) is 0 Å². The molecule has 0 saturated carbocycles. The topological polar surface area (TPSA) is 27.7 Å². The molecule has 1 rings (SSSR count). The molecule has 0 saturated heterocycles. The van der Waals surface area contributed by atoms with E-state index in [4.69, 9.17) is 24.9 Å². The van der Waals surface area contributed by atoms with E-state index in [0.717, 1.165) is 5.56 Å². The van der Waals surface area contributed by atoms with Crippen molar-refractivity contribution in [1.82, 2.24) is 0 Å². The van der Waals surface area contributed by atoms with Crippen molar-refractivity contribution in [2.24, 2.45) is 0 Å². The molecule has 0 N–H and O–H groups in total. The second-order valence-corrected chi connectivity index (χ2v) is 8.28. The lowest BCUT2D eigenvalue weighted by Gasteiger charge is -2.39. The predicted molar refractivity (Wildman–Crippen MR) is 80.3 cm³/mol. The zero-order valence-corrected chi connectivity index (χ0v) is 13.9. The van der Waals surface area contributed by atoms with E-state index < -0.39 is 13.3 Å². The lowest BCUT2D eigenvalue weighted by atomic mass is 10.2. The summed E-state index contributed by atoms with van der Waals surface area (Å²) in [6.45, 7) is 9.24. The quantitative estimate of drug-likeness (QED) is 0.541. The van der Waals surface area contributed by atoms with Crippen molar-refractivity contribution in [2.75, 3.05) is 19.8 Å². The van der Waals surface area contributed by atoms with Crippen LogP contribution in [0.25, 0.3) is 0 Å². The third-order valence-electron chi connectivity index (χ3n) is 2.89. The summed E-state index contributed by atoms with van der Waals surface area (Å²) in [5.74, 6) is 0. The molecule has 0 aliphatic heterocycles. The Bertz CT molecular complexity index is 353. The average Bonchev–Trinajstić information content (AvgIpc) is 2.40. The molecule has 0 fully saturated rings. The zero-order valence-electron chi connectivity index (χ0n) is 12.1. The summed E-state index contributed by atoms with van der Waals surface area (Å²) in [5, 5.41) is 0. The third kappa shape index (κ3) is 3.58. The third-order valence-corrected chi connectivity index (χ3v) is 7.25. The van der Waals surface area contributed by atoms with Crippen molar-refractivity contribution in [3.63, 3.8) is 0 Å². The van der Waals surface area contributed by atoms with Gasteiger partial charge in [-0.3, -0.25) is 0 Å². The van der Waals surface area contributed by atoms with Crippen LogP contribution in [-0.2, 0) is 17.8 Å². The van der Waals surface area contributed by atoms with Crippen molar-refractivity contribution in [1.29, 1.82) is 0 Å². The highest BCUT2D eigenvalue weighted by Crippen LogP contribution is 2.40. The minimum absolute atomic E-state index is 0.515. The maximum Gasteiger partial charge on any atom is 0.527 e. The summed E-state index contributed by atoms with van der Waals surface area (Å²) < 4.78 is 16.9. The standard InChI is InChI=1S/C14H23ClO3Si/c1-5-16-19(17-6-2,18-7-3)14(4,15)13-11-9-8-10-12-13/h8-12H,5-7H2,1-4H3. The van der Waals surface area contributed by atoms with E-state index in [1.165, 1.54) is 0 Å². The molecule has 0 radical (unpaired) electrons. The molecule has 0 aliphatic rings. The van der Waals surface area contributed by atoms with E-state index in [9.17, 15) is 0 Å². The average molecular weight is 303 g/mol. The van der Waals surface area contributed by atoms with Crippen LogP contribution in [0.1, 0.15) is 33.3 Å². The summed E-state index contributed by atoms with van der Waals surface area (Å²) in [6.07, 6.45) is 0.